The van der Waals surface area contributed by atoms with Gasteiger partial charge in [-0.25, -0.2) is 12.8 Å². The van der Waals surface area contributed by atoms with Crippen LogP contribution in [0.5, 0.6) is 0 Å². The van der Waals surface area contributed by atoms with Gasteiger partial charge in [0.1, 0.15) is 5.82 Å². The van der Waals surface area contributed by atoms with E-state index in [0.717, 1.165) is 25.2 Å². The Morgan fingerprint density at radius 2 is 1.56 bits per heavy atom. The monoisotopic (exact) mass is 452 g/mol. The summed E-state index contributed by atoms with van der Waals surface area (Å²) in [6.07, 6.45) is 1.43. The molecule has 0 unspecified atom stereocenters. The van der Waals surface area contributed by atoms with Gasteiger partial charge in [0, 0.05) is 25.7 Å². The Kier molecular flexibility index (Phi) is 6.63. The zero-order chi connectivity index (χ0) is 22.7. The maximum Gasteiger partial charge on any atom is 0.264 e. The highest BCUT2D eigenvalue weighted by molar-refractivity contribution is 7.92. The molecule has 3 aromatic carbocycles. The third-order valence-electron chi connectivity index (χ3n) is 6.04. The Morgan fingerprint density at radius 3 is 2.19 bits per heavy atom. The molecular weight excluding hydrogens is 423 g/mol. The van der Waals surface area contributed by atoms with E-state index >= 15 is 0 Å². The maximum atomic E-state index is 13.7. The minimum atomic E-state index is -3.78. The van der Waals surface area contributed by atoms with Gasteiger partial charge in [0.2, 0.25) is 0 Å². The lowest BCUT2D eigenvalue weighted by atomic mass is 10.0. The van der Waals surface area contributed by atoms with Crippen LogP contribution in [-0.4, -0.2) is 32.4 Å². The van der Waals surface area contributed by atoms with Gasteiger partial charge >= 0.3 is 0 Å². The third kappa shape index (κ3) is 5.03. The fraction of sp³-hybridized carbons (Fsp3) is 0.308. The molecule has 0 aliphatic carbocycles. The number of likely N-dealkylation sites (tertiary alicyclic amines) is 1. The molecule has 4 rings (SSSR count). The van der Waals surface area contributed by atoms with Crippen LogP contribution in [0.1, 0.15) is 29.5 Å². The summed E-state index contributed by atoms with van der Waals surface area (Å²) in [5.41, 5.74) is 3.89. The van der Waals surface area contributed by atoms with Gasteiger partial charge < -0.3 is 0 Å². The fourth-order valence-electron chi connectivity index (χ4n) is 4.29. The minimum Gasteiger partial charge on any atom is -0.299 e. The number of piperidine rings is 1. The van der Waals surface area contributed by atoms with Crippen molar-refractivity contribution in [3.63, 3.8) is 0 Å². The van der Waals surface area contributed by atoms with Crippen LogP contribution in [0, 0.1) is 19.7 Å². The normalized spacial score (nSPS) is 15.6. The molecule has 0 atom stereocenters. The van der Waals surface area contributed by atoms with Crippen LogP contribution in [0.2, 0.25) is 0 Å². The average Bonchev–Trinajstić information content (AvgIpc) is 2.78. The van der Waals surface area contributed by atoms with E-state index in [2.05, 4.69) is 36.1 Å². The number of hydrogen-bond acceptors (Lipinski definition) is 3. The van der Waals surface area contributed by atoms with Crippen molar-refractivity contribution in [1.29, 1.82) is 0 Å². The summed E-state index contributed by atoms with van der Waals surface area (Å²) in [4.78, 5) is 2.63. The van der Waals surface area contributed by atoms with E-state index in [9.17, 15) is 12.8 Å². The summed E-state index contributed by atoms with van der Waals surface area (Å²) in [7, 11) is -3.78. The van der Waals surface area contributed by atoms with Crippen molar-refractivity contribution in [2.45, 2.75) is 44.2 Å². The van der Waals surface area contributed by atoms with E-state index in [1.807, 2.05) is 13.0 Å². The second-order valence-electron chi connectivity index (χ2n) is 8.59. The lowest BCUT2D eigenvalue weighted by Crippen LogP contribution is -2.47. The average molecular weight is 453 g/mol. The molecule has 0 amide bonds. The molecule has 1 heterocycles. The number of aryl methyl sites for hydroxylation is 2. The smallest absolute Gasteiger partial charge is 0.264 e. The van der Waals surface area contributed by atoms with E-state index < -0.39 is 10.0 Å². The predicted molar refractivity (Wildman–Crippen MR) is 127 cm³/mol. The van der Waals surface area contributed by atoms with Gasteiger partial charge in [-0.2, -0.15) is 0 Å². The molecule has 3 aromatic rings. The first-order chi connectivity index (χ1) is 15.3. The first-order valence-corrected chi connectivity index (χ1v) is 12.4. The standard InChI is InChI=1S/C26H29FN2O2S/c1-20-6-8-22(9-7-20)19-28-16-14-25(15-17-28)29(24-12-10-23(27)11-13-24)32(30,31)26-5-3-4-21(2)18-26/h3-13,18,25H,14-17,19H2,1-2H3. The molecule has 4 nitrogen and oxygen atoms in total. The molecule has 0 spiro atoms. The lowest BCUT2D eigenvalue weighted by Gasteiger charge is -2.39. The minimum absolute atomic E-state index is 0.180. The summed E-state index contributed by atoms with van der Waals surface area (Å²) >= 11 is 0. The van der Waals surface area contributed by atoms with Crippen molar-refractivity contribution in [3.8, 4) is 0 Å². The van der Waals surface area contributed by atoms with E-state index in [1.165, 1.54) is 27.6 Å². The van der Waals surface area contributed by atoms with Crippen LogP contribution in [0.4, 0.5) is 10.1 Å². The highest BCUT2D eigenvalue weighted by Crippen LogP contribution is 2.31. The summed E-state index contributed by atoms with van der Waals surface area (Å²) in [6.45, 7) is 6.42. The maximum absolute atomic E-state index is 13.7. The molecule has 1 aliphatic heterocycles. The van der Waals surface area contributed by atoms with Crippen molar-refractivity contribution < 1.29 is 12.8 Å². The Morgan fingerprint density at radius 1 is 0.906 bits per heavy atom. The van der Waals surface area contributed by atoms with E-state index in [0.29, 0.717) is 18.5 Å². The second-order valence-corrected chi connectivity index (χ2v) is 10.4. The van der Waals surface area contributed by atoms with Crippen molar-refractivity contribution in [1.82, 2.24) is 4.90 Å². The lowest BCUT2D eigenvalue weighted by molar-refractivity contribution is 0.206. The van der Waals surface area contributed by atoms with Crippen molar-refractivity contribution in [2.75, 3.05) is 17.4 Å². The molecule has 32 heavy (non-hydrogen) atoms. The Balaban J connectivity index is 1.57. The van der Waals surface area contributed by atoms with Gasteiger partial charge in [0.15, 0.2) is 0 Å². The quantitative estimate of drug-likeness (QED) is 0.509. The third-order valence-corrected chi connectivity index (χ3v) is 7.92. The largest absolute Gasteiger partial charge is 0.299 e. The van der Waals surface area contributed by atoms with Crippen molar-refractivity contribution in [2.24, 2.45) is 0 Å². The van der Waals surface area contributed by atoms with E-state index in [-0.39, 0.29) is 16.8 Å². The molecular formula is C26H29FN2O2S. The summed E-state index contributed by atoms with van der Waals surface area (Å²) in [6, 6.07) is 21.1. The number of nitrogens with zero attached hydrogens (tertiary/aromatic N) is 2. The van der Waals surface area contributed by atoms with Gasteiger partial charge in [-0.3, -0.25) is 9.21 Å². The molecule has 1 aliphatic rings. The fourth-order valence-corrected chi connectivity index (χ4v) is 6.10. The number of benzene rings is 3. The van der Waals surface area contributed by atoms with Crippen molar-refractivity contribution in [3.05, 3.63) is 95.3 Å². The topological polar surface area (TPSA) is 40.6 Å². The van der Waals surface area contributed by atoms with E-state index in [1.54, 1.807) is 30.3 Å². The molecule has 0 radical (unpaired) electrons. The first-order valence-electron chi connectivity index (χ1n) is 11.0. The van der Waals surface area contributed by atoms with Crippen LogP contribution in [0.15, 0.2) is 77.7 Å². The zero-order valence-corrected chi connectivity index (χ0v) is 19.4. The van der Waals surface area contributed by atoms with Gasteiger partial charge in [-0.05, 0) is 74.2 Å². The number of anilines is 1. The zero-order valence-electron chi connectivity index (χ0n) is 18.5. The van der Waals surface area contributed by atoms with Crippen LogP contribution >= 0.6 is 0 Å². The summed E-state index contributed by atoms with van der Waals surface area (Å²) < 4.78 is 42.5. The molecule has 0 aromatic heterocycles. The highest BCUT2D eigenvalue weighted by atomic mass is 32.2. The molecule has 0 saturated carbocycles. The Bertz CT molecular complexity index is 1150. The van der Waals surface area contributed by atoms with Crippen LogP contribution in [0.3, 0.4) is 0 Å². The van der Waals surface area contributed by atoms with Gasteiger partial charge in [-0.1, -0.05) is 42.0 Å². The predicted octanol–water partition coefficient (Wildman–Crippen LogP) is 5.30. The molecule has 1 fully saturated rings. The highest BCUT2D eigenvalue weighted by Gasteiger charge is 2.34. The van der Waals surface area contributed by atoms with Gasteiger partial charge in [-0.15, -0.1) is 0 Å². The van der Waals surface area contributed by atoms with E-state index in [4.69, 9.17) is 0 Å². The molecule has 6 heteroatoms. The summed E-state index contributed by atoms with van der Waals surface area (Å²) in [5, 5.41) is 0. The molecule has 1 saturated heterocycles. The van der Waals surface area contributed by atoms with Gasteiger partial charge in [0.25, 0.3) is 10.0 Å². The van der Waals surface area contributed by atoms with Crippen molar-refractivity contribution >= 4 is 15.7 Å². The SMILES string of the molecule is Cc1ccc(CN2CCC(N(c3ccc(F)cc3)S(=O)(=O)c3cccc(C)c3)CC2)cc1. The number of hydrogen-bond donors (Lipinski definition) is 0. The van der Waals surface area contributed by atoms with Crippen LogP contribution in [0.25, 0.3) is 0 Å². The number of rotatable bonds is 6. The van der Waals surface area contributed by atoms with Crippen LogP contribution in [-0.2, 0) is 16.6 Å². The Hall–Kier alpha value is -2.70. The van der Waals surface area contributed by atoms with Gasteiger partial charge in [0.05, 0.1) is 10.6 Å². The Labute approximate surface area is 190 Å². The number of halogens is 1. The molecule has 0 bridgehead atoms. The number of sulfonamides is 1. The molecule has 0 N–H and O–H groups in total. The summed E-state index contributed by atoms with van der Waals surface area (Å²) in [5.74, 6) is -0.380. The first kappa shape index (κ1) is 22.5. The second kappa shape index (κ2) is 9.43. The van der Waals surface area contributed by atoms with Crippen LogP contribution < -0.4 is 4.31 Å². The molecule has 168 valence electrons.